The van der Waals surface area contributed by atoms with Gasteiger partial charge in [-0.1, -0.05) is 25.0 Å². The second kappa shape index (κ2) is 16.5. The van der Waals surface area contributed by atoms with Crippen LogP contribution in [0.25, 0.3) is 0 Å². The maximum atomic E-state index is 12.0. The lowest BCUT2D eigenvalue weighted by atomic mass is 9.87. The van der Waals surface area contributed by atoms with E-state index in [9.17, 15) is 49.5 Å². The standard InChI is InChI=1S/C26H34N4O10S/c31-22(32)11-28(12-23(33)34)19(9-17-5-7-18(8-6-17)27-16-41)10-29(13-24(35)36)20-3-1-2-4-21(20)30(14-25(37)38)15-26(39)40/h5-8,19-21H,1-4,9-15H2,(H,31,32)(H,33,34)(H,35,36)(H,37,38)(H,39,40)/t19-,20+,21-/m1/s1. The average Bonchev–Trinajstić information content (AvgIpc) is 2.87. The fourth-order valence-electron chi connectivity index (χ4n) is 5.35. The molecule has 0 aliphatic heterocycles. The normalized spacial score (nSPS) is 17.6. The summed E-state index contributed by atoms with van der Waals surface area (Å²) in [5, 5.41) is 49.9. The lowest BCUT2D eigenvalue weighted by Crippen LogP contribution is -2.59. The van der Waals surface area contributed by atoms with Gasteiger partial charge in [0.05, 0.1) is 43.6 Å². The van der Waals surface area contributed by atoms with Gasteiger partial charge >= 0.3 is 29.8 Å². The van der Waals surface area contributed by atoms with Crippen molar-refractivity contribution in [1.29, 1.82) is 0 Å². The Hall–Kier alpha value is -3.75. The lowest BCUT2D eigenvalue weighted by molar-refractivity contribution is -0.146. The summed E-state index contributed by atoms with van der Waals surface area (Å²) >= 11 is 4.61. The molecule has 14 nitrogen and oxygen atoms in total. The number of carboxylic acid groups (broad SMARTS) is 5. The lowest BCUT2D eigenvalue weighted by Gasteiger charge is -2.45. The smallest absolute Gasteiger partial charge is 0.317 e. The van der Waals surface area contributed by atoms with Crippen LogP contribution >= 0.6 is 12.2 Å². The van der Waals surface area contributed by atoms with Crippen molar-refractivity contribution in [2.24, 2.45) is 4.99 Å². The molecule has 1 aliphatic rings. The Balaban J connectivity index is 2.51. The van der Waals surface area contributed by atoms with Crippen LogP contribution in [0.1, 0.15) is 31.2 Å². The Kier molecular flexibility index (Phi) is 13.5. The minimum absolute atomic E-state index is 0.0676. The Morgan fingerprint density at radius 3 is 1.63 bits per heavy atom. The number of benzene rings is 1. The molecule has 1 saturated carbocycles. The van der Waals surface area contributed by atoms with Crippen molar-refractivity contribution in [3.63, 3.8) is 0 Å². The van der Waals surface area contributed by atoms with Gasteiger partial charge in [0.25, 0.3) is 0 Å². The molecule has 0 saturated heterocycles. The van der Waals surface area contributed by atoms with E-state index < -0.39 is 80.7 Å². The average molecular weight is 595 g/mol. The highest BCUT2D eigenvalue weighted by Crippen LogP contribution is 2.28. The molecule has 224 valence electrons. The molecule has 0 spiro atoms. The molecule has 0 bridgehead atoms. The highest BCUT2D eigenvalue weighted by Gasteiger charge is 2.38. The van der Waals surface area contributed by atoms with Crippen LogP contribution in [0.2, 0.25) is 0 Å². The number of carboxylic acids is 5. The number of hydrogen-bond donors (Lipinski definition) is 5. The number of aliphatic carboxylic acids is 5. The first-order chi connectivity index (χ1) is 19.4. The van der Waals surface area contributed by atoms with E-state index in [0.717, 1.165) is 0 Å². The predicted molar refractivity (Wildman–Crippen MR) is 148 cm³/mol. The topological polar surface area (TPSA) is 209 Å². The molecule has 0 amide bonds. The summed E-state index contributed by atoms with van der Waals surface area (Å²) in [5.74, 6) is -6.18. The van der Waals surface area contributed by atoms with Crippen LogP contribution in [0.15, 0.2) is 29.3 Å². The van der Waals surface area contributed by atoms with Crippen molar-refractivity contribution in [2.75, 3.05) is 39.3 Å². The number of aliphatic imine (C=N–C) groups is 1. The molecule has 1 aromatic rings. The van der Waals surface area contributed by atoms with Crippen molar-refractivity contribution < 1.29 is 49.5 Å². The predicted octanol–water partition coefficient (Wildman–Crippen LogP) is 0.972. The Bertz CT molecular complexity index is 1110. The van der Waals surface area contributed by atoms with E-state index in [0.29, 0.717) is 36.9 Å². The van der Waals surface area contributed by atoms with Crippen LogP contribution in [0.5, 0.6) is 0 Å². The number of isothiocyanates is 1. The Morgan fingerprint density at radius 1 is 0.756 bits per heavy atom. The van der Waals surface area contributed by atoms with E-state index in [4.69, 9.17) is 0 Å². The fourth-order valence-corrected chi connectivity index (χ4v) is 5.45. The second-order valence-electron chi connectivity index (χ2n) is 9.85. The first-order valence-electron chi connectivity index (χ1n) is 12.9. The highest BCUT2D eigenvalue weighted by atomic mass is 32.1. The summed E-state index contributed by atoms with van der Waals surface area (Å²) in [4.78, 5) is 66.5. The molecular formula is C26H34N4O10S. The van der Waals surface area contributed by atoms with Gasteiger partial charge in [-0.3, -0.25) is 38.7 Å². The van der Waals surface area contributed by atoms with Crippen molar-refractivity contribution in [2.45, 2.75) is 50.2 Å². The summed E-state index contributed by atoms with van der Waals surface area (Å²) in [6.07, 6.45) is 2.40. The molecule has 0 heterocycles. The van der Waals surface area contributed by atoms with E-state index in [2.05, 4.69) is 22.4 Å². The van der Waals surface area contributed by atoms with Crippen LogP contribution in [0, 0.1) is 0 Å². The molecule has 5 N–H and O–H groups in total. The molecule has 0 aromatic heterocycles. The SMILES string of the molecule is O=C(O)CN(CC(=O)O)[C@H](Cc1ccc(N=C=S)cc1)CN(CC(=O)O)[C@H]1CCCC[C@H]1N(CC(=O)O)CC(=O)O. The molecule has 3 atom stereocenters. The fraction of sp³-hybridized carbons (Fsp3) is 0.538. The maximum absolute atomic E-state index is 12.0. The van der Waals surface area contributed by atoms with E-state index in [1.807, 2.05) is 0 Å². The van der Waals surface area contributed by atoms with Crippen molar-refractivity contribution in [1.82, 2.24) is 14.7 Å². The van der Waals surface area contributed by atoms with Gasteiger partial charge in [-0.05, 0) is 49.2 Å². The molecule has 0 unspecified atom stereocenters. The molecule has 15 heteroatoms. The van der Waals surface area contributed by atoms with Crippen molar-refractivity contribution in [3.8, 4) is 0 Å². The van der Waals surface area contributed by atoms with Crippen LogP contribution in [0.3, 0.4) is 0 Å². The third-order valence-electron chi connectivity index (χ3n) is 6.87. The van der Waals surface area contributed by atoms with Gasteiger partial charge in [-0.25, -0.2) is 0 Å². The van der Waals surface area contributed by atoms with Crippen molar-refractivity contribution >= 4 is 52.9 Å². The van der Waals surface area contributed by atoms with Gasteiger partial charge in [0.2, 0.25) is 0 Å². The number of rotatable bonds is 18. The molecular weight excluding hydrogens is 560 g/mol. The zero-order valence-corrected chi connectivity index (χ0v) is 23.1. The number of carbonyl (C=O) groups is 5. The van der Waals surface area contributed by atoms with Gasteiger partial charge in [0.1, 0.15) is 0 Å². The molecule has 1 fully saturated rings. The largest absolute Gasteiger partial charge is 0.480 e. The maximum Gasteiger partial charge on any atom is 0.317 e. The number of thiocarbonyl (C=S) groups is 1. The first-order valence-corrected chi connectivity index (χ1v) is 13.3. The second-order valence-corrected chi connectivity index (χ2v) is 10.0. The molecule has 1 aliphatic carbocycles. The summed E-state index contributed by atoms with van der Waals surface area (Å²) in [7, 11) is 0. The Labute approximate surface area is 241 Å². The van der Waals surface area contributed by atoms with Gasteiger partial charge in [0.15, 0.2) is 0 Å². The first kappa shape index (κ1) is 33.5. The van der Waals surface area contributed by atoms with Crippen LogP contribution in [-0.2, 0) is 30.4 Å². The molecule has 41 heavy (non-hydrogen) atoms. The van der Waals surface area contributed by atoms with E-state index in [-0.39, 0.29) is 13.0 Å². The number of hydrogen-bond acceptors (Lipinski definition) is 10. The van der Waals surface area contributed by atoms with Crippen LogP contribution in [0.4, 0.5) is 5.69 Å². The zero-order chi connectivity index (χ0) is 30.5. The summed E-state index contributed by atoms with van der Waals surface area (Å²) in [6, 6.07) is 4.79. The third kappa shape index (κ3) is 11.7. The third-order valence-corrected chi connectivity index (χ3v) is 6.96. The number of nitrogens with zero attached hydrogens (tertiary/aromatic N) is 4. The highest BCUT2D eigenvalue weighted by molar-refractivity contribution is 7.78. The van der Waals surface area contributed by atoms with Crippen molar-refractivity contribution in [3.05, 3.63) is 29.8 Å². The van der Waals surface area contributed by atoms with Gasteiger partial charge < -0.3 is 25.5 Å². The minimum Gasteiger partial charge on any atom is -0.480 e. The summed E-state index contributed by atoms with van der Waals surface area (Å²) in [5.41, 5.74) is 1.23. The van der Waals surface area contributed by atoms with Crippen LogP contribution in [-0.4, -0.2) is 133 Å². The summed E-state index contributed by atoms with van der Waals surface area (Å²) in [6.45, 7) is -2.92. The van der Waals surface area contributed by atoms with Crippen LogP contribution < -0.4 is 0 Å². The van der Waals surface area contributed by atoms with Gasteiger partial charge in [0, 0.05) is 24.7 Å². The Morgan fingerprint density at radius 2 is 1.20 bits per heavy atom. The van der Waals surface area contributed by atoms with Gasteiger partial charge in [-0.2, -0.15) is 4.99 Å². The van der Waals surface area contributed by atoms with E-state index in [1.54, 1.807) is 29.2 Å². The molecule has 0 radical (unpaired) electrons. The molecule has 2 rings (SSSR count). The van der Waals surface area contributed by atoms with Gasteiger partial charge in [-0.15, -0.1) is 0 Å². The van der Waals surface area contributed by atoms with E-state index >= 15 is 0 Å². The van der Waals surface area contributed by atoms with E-state index in [1.165, 1.54) is 9.80 Å². The minimum atomic E-state index is -1.27. The summed E-state index contributed by atoms with van der Waals surface area (Å²) < 4.78 is 0. The quantitative estimate of drug-likeness (QED) is 0.119. The zero-order valence-electron chi connectivity index (χ0n) is 22.3. The monoisotopic (exact) mass is 594 g/mol. The molecule has 1 aromatic carbocycles.